The summed E-state index contributed by atoms with van der Waals surface area (Å²) in [6.07, 6.45) is 1.87. The van der Waals surface area contributed by atoms with E-state index in [4.69, 9.17) is 5.73 Å². The minimum absolute atomic E-state index is 0.104. The van der Waals surface area contributed by atoms with Crippen LogP contribution < -0.4 is 5.73 Å². The zero-order valence-electron chi connectivity index (χ0n) is 9.30. The lowest BCUT2D eigenvalue weighted by Crippen LogP contribution is -2.35. The summed E-state index contributed by atoms with van der Waals surface area (Å²) in [5.41, 5.74) is 6.04. The SMILES string of the molecule is CCC(CN)C(O)C1(C)CC1(C)C. The monoisotopic (exact) mass is 185 g/mol. The Kier molecular flexibility index (Phi) is 2.75. The molecule has 0 aliphatic heterocycles. The van der Waals surface area contributed by atoms with Crippen LogP contribution in [0.1, 0.15) is 40.5 Å². The molecule has 0 aromatic carbocycles. The highest BCUT2D eigenvalue weighted by Gasteiger charge is 2.62. The zero-order chi connectivity index (χ0) is 10.3. The molecule has 3 N–H and O–H groups in total. The second-order valence-electron chi connectivity index (χ2n) is 5.33. The fourth-order valence-corrected chi connectivity index (χ4v) is 2.42. The molecule has 0 aromatic rings. The van der Waals surface area contributed by atoms with E-state index in [9.17, 15) is 5.11 Å². The second-order valence-corrected chi connectivity index (χ2v) is 5.33. The average Bonchev–Trinajstić information content (AvgIpc) is 2.55. The number of rotatable bonds is 4. The third kappa shape index (κ3) is 1.62. The van der Waals surface area contributed by atoms with Crippen molar-refractivity contribution in [2.24, 2.45) is 22.5 Å². The van der Waals surface area contributed by atoms with E-state index >= 15 is 0 Å². The van der Waals surface area contributed by atoms with Gasteiger partial charge in [0.2, 0.25) is 0 Å². The Morgan fingerprint density at radius 3 is 2.08 bits per heavy atom. The first-order chi connectivity index (χ1) is 5.89. The molecule has 3 unspecified atom stereocenters. The van der Waals surface area contributed by atoms with Gasteiger partial charge in [0, 0.05) is 0 Å². The number of aliphatic hydroxyl groups excluding tert-OH is 1. The van der Waals surface area contributed by atoms with Crippen molar-refractivity contribution in [2.75, 3.05) is 6.54 Å². The molecule has 13 heavy (non-hydrogen) atoms. The van der Waals surface area contributed by atoms with E-state index in [1.807, 2.05) is 0 Å². The molecule has 0 bridgehead atoms. The molecule has 2 heteroatoms. The highest BCUT2D eigenvalue weighted by atomic mass is 16.3. The van der Waals surface area contributed by atoms with Gasteiger partial charge >= 0.3 is 0 Å². The van der Waals surface area contributed by atoms with Crippen LogP contribution in [0.3, 0.4) is 0 Å². The predicted octanol–water partition coefficient (Wildman–Crippen LogP) is 1.77. The first-order valence-electron chi connectivity index (χ1n) is 5.27. The van der Waals surface area contributed by atoms with Crippen LogP contribution in [-0.4, -0.2) is 17.8 Å². The van der Waals surface area contributed by atoms with Gasteiger partial charge in [0.25, 0.3) is 0 Å². The Hall–Kier alpha value is -0.0800. The number of hydrogen-bond acceptors (Lipinski definition) is 2. The summed E-state index contributed by atoms with van der Waals surface area (Å²) >= 11 is 0. The largest absolute Gasteiger partial charge is 0.392 e. The van der Waals surface area contributed by atoms with Gasteiger partial charge in [0.15, 0.2) is 0 Å². The van der Waals surface area contributed by atoms with Gasteiger partial charge in [-0.15, -0.1) is 0 Å². The van der Waals surface area contributed by atoms with E-state index in [0.29, 0.717) is 12.0 Å². The summed E-state index contributed by atoms with van der Waals surface area (Å²) in [7, 11) is 0. The summed E-state index contributed by atoms with van der Waals surface area (Å²) in [5, 5.41) is 10.2. The summed E-state index contributed by atoms with van der Waals surface area (Å²) in [6, 6.07) is 0. The van der Waals surface area contributed by atoms with Gasteiger partial charge in [-0.25, -0.2) is 0 Å². The summed E-state index contributed by atoms with van der Waals surface area (Å²) in [4.78, 5) is 0. The summed E-state index contributed by atoms with van der Waals surface area (Å²) < 4.78 is 0. The van der Waals surface area contributed by atoms with Crippen LogP contribution in [0.4, 0.5) is 0 Å². The Labute approximate surface area is 81.5 Å². The lowest BCUT2D eigenvalue weighted by molar-refractivity contribution is 0.0296. The van der Waals surface area contributed by atoms with Gasteiger partial charge in [0.05, 0.1) is 6.10 Å². The van der Waals surface area contributed by atoms with E-state index in [1.165, 1.54) is 0 Å². The second kappa shape index (κ2) is 3.25. The van der Waals surface area contributed by atoms with Gasteiger partial charge < -0.3 is 10.8 Å². The topological polar surface area (TPSA) is 46.2 Å². The molecule has 0 amide bonds. The molecule has 0 spiro atoms. The van der Waals surface area contributed by atoms with Crippen LogP contribution in [0.5, 0.6) is 0 Å². The van der Waals surface area contributed by atoms with Crippen LogP contribution in [0.25, 0.3) is 0 Å². The van der Waals surface area contributed by atoms with Gasteiger partial charge in [0.1, 0.15) is 0 Å². The van der Waals surface area contributed by atoms with Crippen LogP contribution in [0.15, 0.2) is 0 Å². The third-order valence-electron chi connectivity index (χ3n) is 4.16. The van der Waals surface area contributed by atoms with Crippen molar-refractivity contribution in [3.63, 3.8) is 0 Å². The van der Waals surface area contributed by atoms with Crippen LogP contribution in [0.2, 0.25) is 0 Å². The van der Waals surface area contributed by atoms with E-state index in [0.717, 1.165) is 12.8 Å². The van der Waals surface area contributed by atoms with E-state index < -0.39 is 0 Å². The molecule has 0 radical (unpaired) electrons. The van der Waals surface area contributed by atoms with Gasteiger partial charge in [-0.05, 0) is 36.1 Å². The molecule has 0 heterocycles. The Morgan fingerprint density at radius 2 is 1.85 bits per heavy atom. The number of nitrogens with two attached hydrogens (primary N) is 1. The van der Waals surface area contributed by atoms with Gasteiger partial charge in [-0.2, -0.15) is 0 Å². The molecular weight excluding hydrogens is 162 g/mol. The Morgan fingerprint density at radius 1 is 1.38 bits per heavy atom. The Balaban J connectivity index is 2.63. The standard InChI is InChI=1S/C11H23NO/c1-5-8(6-12)9(13)11(4)7-10(11,2)3/h8-9,13H,5-7,12H2,1-4H3. The lowest BCUT2D eigenvalue weighted by atomic mass is 9.83. The van der Waals surface area contributed by atoms with Crippen molar-refractivity contribution < 1.29 is 5.11 Å². The molecule has 1 fully saturated rings. The van der Waals surface area contributed by atoms with Crippen LogP contribution >= 0.6 is 0 Å². The number of aliphatic hydroxyl groups is 1. The first kappa shape index (κ1) is 11.0. The van der Waals surface area contributed by atoms with Gasteiger partial charge in [-0.3, -0.25) is 0 Å². The molecular formula is C11H23NO. The molecule has 78 valence electrons. The normalized spacial score (nSPS) is 35.5. The predicted molar refractivity (Wildman–Crippen MR) is 55.3 cm³/mol. The molecule has 3 atom stereocenters. The minimum atomic E-state index is -0.225. The molecule has 1 aliphatic carbocycles. The zero-order valence-corrected chi connectivity index (χ0v) is 9.30. The van der Waals surface area contributed by atoms with Crippen molar-refractivity contribution in [2.45, 2.75) is 46.6 Å². The highest BCUT2D eigenvalue weighted by molar-refractivity contribution is 5.11. The van der Waals surface area contributed by atoms with Crippen LogP contribution in [-0.2, 0) is 0 Å². The maximum absolute atomic E-state index is 10.2. The van der Waals surface area contributed by atoms with Crippen LogP contribution in [0, 0.1) is 16.7 Å². The van der Waals surface area contributed by atoms with Crippen molar-refractivity contribution >= 4 is 0 Å². The fraction of sp³-hybridized carbons (Fsp3) is 1.00. The summed E-state index contributed by atoms with van der Waals surface area (Å²) in [6.45, 7) is 9.32. The molecule has 0 saturated heterocycles. The molecule has 2 nitrogen and oxygen atoms in total. The molecule has 1 aliphatic rings. The smallest absolute Gasteiger partial charge is 0.0639 e. The van der Waals surface area contributed by atoms with E-state index in [-0.39, 0.29) is 17.4 Å². The van der Waals surface area contributed by atoms with Crippen molar-refractivity contribution in [1.82, 2.24) is 0 Å². The maximum atomic E-state index is 10.2. The van der Waals surface area contributed by atoms with Crippen molar-refractivity contribution in [1.29, 1.82) is 0 Å². The maximum Gasteiger partial charge on any atom is 0.0639 e. The average molecular weight is 185 g/mol. The van der Waals surface area contributed by atoms with E-state index in [2.05, 4.69) is 27.7 Å². The lowest BCUT2D eigenvalue weighted by Gasteiger charge is -2.28. The van der Waals surface area contributed by atoms with Crippen molar-refractivity contribution in [3.05, 3.63) is 0 Å². The highest BCUT2D eigenvalue weighted by Crippen LogP contribution is 2.66. The number of hydrogen-bond donors (Lipinski definition) is 2. The molecule has 1 saturated carbocycles. The van der Waals surface area contributed by atoms with E-state index in [1.54, 1.807) is 0 Å². The third-order valence-corrected chi connectivity index (χ3v) is 4.16. The quantitative estimate of drug-likeness (QED) is 0.701. The first-order valence-corrected chi connectivity index (χ1v) is 5.27. The van der Waals surface area contributed by atoms with Gasteiger partial charge in [-0.1, -0.05) is 27.7 Å². The summed E-state index contributed by atoms with van der Waals surface area (Å²) in [5.74, 6) is 0.270. The molecule has 1 rings (SSSR count). The Bertz CT molecular complexity index is 187. The molecule has 0 aromatic heterocycles. The van der Waals surface area contributed by atoms with Crippen molar-refractivity contribution in [3.8, 4) is 0 Å². The minimum Gasteiger partial charge on any atom is -0.392 e. The fourth-order valence-electron chi connectivity index (χ4n) is 2.42.